The monoisotopic (exact) mass is 304 g/mol. The quantitative estimate of drug-likeness (QED) is 0.869. The van der Waals surface area contributed by atoms with Gasteiger partial charge in [-0.05, 0) is 38.0 Å². The Morgan fingerprint density at radius 1 is 1.38 bits per heavy atom. The molecule has 1 amide bonds. The van der Waals surface area contributed by atoms with Crippen LogP contribution in [0.25, 0.3) is 0 Å². The molecule has 1 heterocycles. The number of hydrogen-bond acceptors (Lipinski definition) is 2. The molecule has 2 rings (SSSR count). The second kappa shape index (κ2) is 5.91. The minimum Gasteiger partial charge on any atom is -0.376 e. The van der Waals surface area contributed by atoms with Gasteiger partial charge in [0.05, 0.1) is 12.1 Å². The zero-order chi connectivity index (χ0) is 15.6. The molecule has 1 N–H and O–H groups in total. The van der Waals surface area contributed by atoms with E-state index in [2.05, 4.69) is 5.32 Å². The van der Waals surface area contributed by atoms with Crippen LogP contribution in [0.5, 0.6) is 0 Å². The lowest BCUT2D eigenvalue weighted by atomic mass is 10.2. The van der Waals surface area contributed by atoms with E-state index in [1.165, 1.54) is 0 Å². The molecule has 1 saturated heterocycles. The maximum absolute atomic E-state index is 13.2. The molecule has 116 valence electrons. The molecule has 1 aromatic rings. The molecule has 1 aliphatic rings. The summed E-state index contributed by atoms with van der Waals surface area (Å²) in [6, 6.07) is 2.30. The van der Waals surface area contributed by atoms with Crippen LogP contribution in [-0.4, -0.2) is 29.9 Å². The Bertz CT molecular complexity index is 530. The number of carbonyl (C=O) groups is 1. The molecule has 1 atom stereocenters. The second-order valence-corrected chi connectivity index (χ2v) is 5.16. The van der Waals surface area contributed by atoms with Crippen molar-refractivity contribution in [3.8, 4) is 0 Å². The summed E-state index contributed by atoms with van der Waals surface area (Å²) in [7, 11) is 0. The van der Waals surface area contributed by atoms with Crippen molar-refractivity contribution < 1.29 is 22.4 Å². The van der Waals surface area contributed by atoms with E-state index in [0.29, 0.717) is 12.6 Å². The van der Waals surface area contributed by atoms with Gasteiger partial charge in [0.2, 0.25) is 5.91 Å². The molecule has 1 fully saturated rings. The third-order valence-electron chi connectivity index (χ3n) is 3.54. The molecule has 1 aromatic carbocycles. The number of carbonyl (C=O) groups excluding carboxylic acids is 1. The van der Waals surface area contributed by atoms with Crippen LogP contribution >= 0.6 is 0 Å². The van der Waals surface area contributed by atoms with Crippen molar-refractivity contribution in [1.82, 2.24) is 4.90 Å². The normalized spacial score (nSPS) is 18.9. The number of hydrogen-bond donors (Lipinski definition) is 1. The van der Waals surface area contributed by atoms with Crippen LogP contribution in [-0.2, 0) is 11.0 Å². The van der Waals surface area contributed by atoms with Crippen molar-refractivity contribution in [2.24, 2.45) is 0 Å². The number of alkyl halides is 3. The molecule has 0 spiro atoms. The van der Waals surface area contributed by atoms with Gasteiger partial charge in [0.25, 0.3) is 0 Å². The minimum absolute atomic E-state index is 0.0532. The van der Waals surface area contributed by atoms with Crippen LogP contribution < -0.4 is 5.32 Å². The topological polar surface area (TPSA) is 32.3 Å². The van der Waals surface area contributed by atoms with Crippen LogP contribution in [0.3, 0.4) is 0 Å². The van der Waals surface area contributed by atoms with Gasteiger partial charge in [-0.3, -0.25) is 4.79 Å². The van der Waals surface area contributed by atoms with Crippen LogP contribution in [0, 0.1) is 5.82 Å². The smallest absolute Gasteiger partial charge is 0.376 e. The third-order valence-corrected chi connectivity index (χ3v) is 3.54. The molecule has 3 nitrogen and oxygen atoms in total. The first-order valence-electron chi connectivity index (χ1n) is 6.68. The van der Waals surface area contributed by atoms with Crippen LogP contribution in [0.2, 0.25) is 0 Å². The van der Waals surface area contributed by atoms with Gasteiger partial charge in [0, 0.05) is 18.3 Å². The highest BCUT2D eigenvalue weighted by Gasteiger charge is 2.31. The summed E-state index contributed by atoms with van der Waals surface area (Å²) < 4.78 is 50.9. The molecule has 7 heteroatoms. The van der Waals surface area contributed by atoms with Gasteiger partial charge in [0.15, 0.2) is 0 Å². The highest BCUT2D eigenvalue weighted by Crippen LogP contribution is 2.31. The molecule has 0 unspecified atom stereocenters. The average Bonchev–Trinajstić information content (AvgIpc) is 2.80. The lowest BCUT2D eigenvalue weighted by molar-refractivity contribution is -0.137. The average molecular weight is 304 g/mol. The van der Waals surface area contributed by atoms with Crippen molar-refractivity contribution in [2.75, 3.05) is 18.4 Å². The van der Waals surface area contributed by atoms with Crippen molar-refractivity contribution in [3.05, 3.63) is 29.6 Å². The van der Waals surface area contributed by atoms with E-state index in [0.717, 1.165) is 25.0 Å². The Hall–Kier alpha value is -1.79. The van der Waals surface area contributed by atoms with Gasteiger partial charge in [0.1, 0.15) is 5.82 Å². The fourth-order valence-electron chi connectivity index (χ4n) is 2.44. The van der Waals surface area contributed by atoms with Crippen molar-refractivity contribution in [3.63, 3.8) is 0 Å². The van der Waals surface area contributed by atoms with Crippen molar-refractivity contribution in [1.29, 1.82) is 0 Å². The molecule has 0 bridgehead atoms. The SMILES string of the molecule is C[C@@H]1CCCN1C(=O)CNc1cc(F)cc(C(F)(F)F)c1. The first kappa shape index (κ1) is 15.6. The number of benzene rings is 1. The Balaban J connectivity index is 2.03. The predicted molar refractivity (Wildman–Crippen MR) is 70.3 cm³/mol. The molecule has 0 radical (unpaired) electrons. The zero-order valence-corrected chi connectivity index (χ0v) is 11.5. The zero-order valence-electron chi connectivity index (χ0n) is 11.5. The van der Waals surface area contributed by atoms with E-state index in [4.69, 9.17) is 0 Å². The van der Waals surface area contributed by atoms with E-state index >= 15 is 0 Å². The molecule has 0 aliphatic carbocycles. The fraction of sp³-hybridized carbons (Fsp3) is 0.500. The molecular formula is C14H16F4N2O. The minimum atomic E-state index is -4.62. The molecular weight excluding hydrogens is 288 g/mol. The fourth-order valence-corrected chi connectivity index (χ4v) is 2.44. The lowest BCUT2D eigenvalue weighted by Gasteiger charge is -2.22. The first-order chi connectivity index (χ1) is 9.77. The van der Waals surface area contributed by atoms with Crippen LogP contribution in [0.4, 0.5) is 23.2 Å². The second-order valence-electron chi connectivity index (χ2n) is 5.16. The molecule has 0 aromatic heterocycles. The maximum atomic E-state index is 13.2. The highest BCUT2D eigenvalue weighted by molar-refractivity contribution is 5.81. The summed E-state index contributed by atoms with van der Waals surface area (Å²) >= 11 is 0. The Morgan fingerprint density at radius 2 is 2.10 bits per heavy atom. The Morgan fingerprint density at radius 3 is 2.67 bits per heavy atom. The van der Waals surface area contributed by atoms with Crippen molar-refractivity contribution in [2.45, 2.75) is 32.0 Å². The third kappa shape index (κ3) is 3.86. The number of halogens is 4. The number of anilines is 1. The summed E-state index contributed by atoms with van der Waals surface area (Å²) in [6.45, 7) is 2.43. The lowest BCUT2D eigenvalue weighted by Crippen LogP contribution is -2.37. The van der Waals surface area contributed by atoms with Crippen LogP contribution in [0.1, 0.15) is 25.3 Å². The van der Waals surface area contributed by atoms with Gasteiger partial charge >= 0.3 is 6.18 Å². The van der Waals surface area contributed by atoms with E-state index in [9.17, 15) is 22.4 Å². The van der Waals surface area contributed by atoms with E-state index < -0.39 is 17.6 Å². The standard InChI is InChI=1S/C14H16F4N2O/c1-9-3-2-4-20(9)13(21)8-19-12-6-10(14(16,17)18)5-11(15)7-12/h5-7,9,19H,2-4,8H2,1H3/t9-/m1/s1. The van der Waals surface area contributed by atoms with Gasteiger partial charge in [-0.1, -0.05) is 0 Å². The Kier molecular flexibility index (Phi) is 4.39. The number of nitrogens with one attached hydrogen (secondary N) is 1. The van der Waals surface area contributed by atoms with Gasteiger partial charge in [-0.15, -0.1) is 0 Å². The summed E-state index contributed by atoms with van der Waals surface area (Å²) in [5.41, 5.74) is -1.13. The predicted octanol–water partition coefficient (Wildman–Crippen LogP) is 3.27. The largest absolute Gasteiger partial charge is 0.416 e. The maximum Gasteiger partial charge on any atom is 0.416 e. The van der Waals surface area contributed by atoms with E-state index in [1.54, 1.807) is 4.90 Å². The number of rotatable bonds is 3. The summed E-state index contributed by atoms with van der Waals surface area (Å²) in [4.78, 5) is 13.6. The van der Waals surface area contributed by atoms with Gasteiger partial charge < -0.3 is 10.2 Å². The number of amides is 1. The number of likely N-dealkylation sites (tertiary alicyclic amines) is 1. The van der Waals surface area contributed by atoms with Gasteiger partial charge in [-0.2, -0.15) is 13.2 Å². The van der Waals surface area contributed by atoms with Crippen LogP contribution in [0.15, 0.2) is 18.2 Å². The van der Waals surface area contributed by atoms with Gasteiger partial charge in [-0.25, -0.2) is 4.39 Å². The van der Waals surface area contributed by atoms with E-state index in [1.807, 2.05) is 6.92 Å². The summed E-state index contributed by atoms with van der Waals surface area (Å²) in [6.07, 6.45) is -2.78. The summed E-state index contributed by atoms with van der Waals surface area (Å²) in [5.74, 6) is -1.19. The summed E-state index contributed by atoms with van der Waals surface area (Å²) in [5, 5.41) is 2.56. The molecule has 21 heavy (non-hydrogen) atoms. The first-order valence-corrected chi connectivity index (χ1v) is 6.68. The highest BCUT2D eigenvalue weighted by atomic mass is 19.4. The molecule has 0 saturated carbocycles. The van der Waals surface area contributed by atoms with E-state index in [-0.39, 0.29) is 24.2 Å². The number of nitrogens with zero attached hydrogens (tertiary/aromatic N) is 1. The Labute approximate surface area is 119 Å². The molecule has 1 aliphatic heterocycles. The van der Waals surface area contributed by atoms with Crippen molar-refractivity contribution >= 4 is 11.6 Å².